The fourth-order valence-electron chi connectivity index (χ4n) is 3.07. The molecule has 8 heteroatoms. The van der Waals surface area contributed by atoms with Crippen LogP contribution in [0.3, 0.4) is 0 Å². The normalized spacial score (nSPS) is 16.8. The van der Waals surface area contributed by atoms with Gasteiger partial charge in [-0.15, -0.1) is 0 Å². The maximum atomic E-state index is 13.3. The summed E-state index contributed by atoms with van der Waals surface area (Å²) in [5, 5.41) is 1.92. The van der Waals surface area contributed by atoms with Crippen molar-refractivity contribution in [1.29, 1.82) is 0 Å². The molecule has 0 N–H and O–H groups in total. The van der Waals surface area contributed by atoms with Crippen LogP contribution in [0.4, 0.5) is 5.13 Å². The molecule has 0 saturated carbocycles. The fraction of sp³-hybridized carbons (Fsp3) is 0.263. The van der Waals surface area contributed by atoms with Crippen LogP contribution in [0.5, 0.6) is 0 Å². The van der Waals surface area contributed by atoms with E-state index in [0.29, 0.717) is 44.4 Å². The van der Waals surface area contributed by atoms with Gasteiger partial charge in [-0.05, 0) is 43.2 Å². The number of halogens is 3. The Bertz CT molecular complexity index is 1000. The van der Waals surface area contributed by atoms with E-state index in [-0.39, 0.29) is 12.0 Å². The smallest absolute Gasteiger partial charge is 0.261 e. The van der Waals surface area contributed by atoms with E-state index in [1.807, 2.05) is 12.1 Å². The Morgan fingerprint density at radius 2 is 2.07 bits per heavy atom. The lowest BCUT2D eigenvalue weighted by Gasteiger charge is -2.23. The van der Waals surface area contributed by atoms with E-state index in [4.69, 9.17) is 39.5 Å². The van der Waals surface area contributed by atoms with Gasteiger partial charge >= 0.3 is 0 Å². The SMILES string of the molecule is O=C(c1cc(Cl)ccc1Cl)N(CC1CCCO1)c1nc2c(Cl)cccc2s1. The van der Waals surface area contributed by atoms with Crippen LogP contribution in [0.25, 0.3) is 10.2 Å². The number of nitrogens with zero attached hydrogens (tertiary/aromatic N) is 2. The minimum atomic E-state index is -0.256. The number of ether oxygens (including phenoxy) is 1. The molecule has 1 unspecified atom stereocenters. The lowest BCUT2D eigenvalue weighted by Crippen LogP contribution is -2.37. The lowest BCUT2D eigenvalue weighted by atomic mass is 10.1. The van der Waals surface area contributed by atoms with E-state index in [1.54, 1.807) is 29.2 Å². The first-order valence-electron chi connectivity index (χ1n) is 8.46. The lowest BCUT2D eigenvalue weighted by molar-refractivity contribution is 0.0917. The molecule has 1 amide bonds. The second-order valence-corrected chi connectivity index (χ2v) is 8.52. The molecule has 0 spiro atoms. The summed E-state index contributed by atoms with van der Waals surface area (Å²) in [6, 6.07) is 10.4. The van der Waals surface area contributed by atoms with Crippen molar-refractivity contribution in [1.82, 2.24) is 4.98 Å². The number of hydrogen-bond donors (Lipinski definition) is 0. The van der Waals surface area contributed by atoms with Gasteiger partial charge < -0.3 is 4.74 Å². The molecule has 27 heavy (non-hydrogen) atoms. The maximum absolute atomic E-state index is 13.3. The molecule has 1 aliphatic rings. The summed E-state index contributed by atoms with van der Waals surface area (Å²) < 4.78 is 6.66. The number of para-hydroxylation sites is 1. The van der Waals surface area contributed by atoms with Gasteiger partial charge in [0.05, 0.1) is 33.0 Å². The van der Waals surface area contributed by atoms with Gasteiger partial charge in [-0.25, -0.2) is 4.98 Å². The van der Waals surface area contributed by atoms with Gasteiger partial charge in [0.1, 0.15) is 5.52 Å². The molecular weight excluding hydrogens is 427 g/mol. The Labute approximate surface area is 175 Å². The third-order valence-corrected chi connectivity index (χ3v) is 6.32. The Morgan fingerprint density at radius 3 is 2.81 bits per heavy atom. The van der Waals surface area contributed by atoms with Crippen molar-refractivity contribution in [3.05, 3.63) is 57.0 Å². The first-order chi connectivity index (χ1) is 13.0. The summed E-state index contributed by atoms with van der Waals surface area (Å²) in [7, 11) is 0. The number of fused-ring (bicyclic) bond motifs is 1. The van der Waals surface area contributed by atoms with Crippen molar-refractivity contribution in [2.75, 3.05) is 18.1 Å². The fourth-order valence-corrected chi connectivity index (χ4v) is 4.71. The Hall–Kier alpha value is -1.37. The average Bonchev–Trinajstić information content (AvgIpc) is 3.31. The number of rotatable bonds is 4. The highest BCUT2D eigenvalue weighted by atomic mass is 35.5. The molecule has 1 atom stereocenters. The average molecular weight is 442 g/mol. The van der Waals surface area contributed by atoms with Gasteiger partial charge in [0, 0.05) is 11.6 Å². The summed E-state index contributed by atoms with van der Waals surface area (Å²) in [5.41, 5.74) is 1.02. The minimum Gasteiger partial charge on any atom is -0.376 e. The highest BCUT2D eigenvalue weighted by molar-refractivity contribution is 7.22. The minimum absolute atomic E-state index is 0.0330. The van der Waals surface area contributed by atoms with Crippen LogP contribution < -0.4 is 4.90 Å². The van der Waals surface area contributed by atoms with Gasteiger partial charge in [-0.1, -0.05) is 52.2 Å². The maximum Gasteiger partial charge on any atom is 0.261 e. The molecular formula is C19H15Cl3N2O2S. The molecule has 2 heterocycles. The predicted molar refractivity (Wildman–Crippen MR) is 112 cm³/mol. The van der Waals surface area contributed by atoms with Crippen molar-refractivity contribution in [3.8, 4) is 0 Å². The van der Waals surface area contributed by atoms with Gasteiger partial charge in [0.25, 0.3) is 5.91 Å². The Morgan fingerprint density at radius 1 is 1.22 bits per heavy atom. The molecule has 1 aromatic heterocycles. The molecule has 2 aromatic carbocycles. The first-order valence-corrected chi connectivity index (χ1v) is 10.4. The van der Waals surface area contributed by atoms with E-state index in [1.165, 1.54) is 11.3 Å². The number of thiazole rings is 1. The molecule has 4 nitrogen and oxygen atoms in total. The molecule has 140 valence electrons. The molecule has 0 aliphatic carbocycles. The monoisotopic (exact) mass is 440 g/mol. The van der Waals surface area contributed by atoms with Crippen LogP contribution in [0.1, 0.15) is 23.2 Å². The molecule has 0 radical (unpaired) electrons. The van der Waals surface area contributed by atoms with Crippen LogP contribution in [0.15, 0.2) is 36.4 Å². The standard InChI is InChI=1S/C19H15Cl3N2O2S/c20-11-6-7-14(21)13(9-11)18(25)24(10-12-3-2-8-26-12)19-23-17-15(22)4-1-5-16(17)27-19/h1,4-7,9,12H,2-3,8,10H2. The number of aromatic nitrogens is 1. The zero-order valence-electron chi connectivity index (χ0n) is 14.1. The van der Waals surface area contributed by atoms with Crippen molar-refractivity contribution in [2.24, 2.45) is 0 Å². The summed E-state index contributed by atoms with van der Waals surface area (Å²) in [6.07, 6.45) is 1.85. The number of carbonyl (C=O) groups excluding carboxylic acids is 1. The predicted octanol–water partition coefficient (Wildman–Crippen LogP) is 6.08. The molecule has 3 aromatic rings. The number of amides is 1. The van der Waals surface area contributed by atoms with Crippen LogP contribution in [-0.2, 0) is 4.74 Å². The Kier molecular flexibility index (Phi) is 5.58. The Balaban J connectivity index is 1.76. The van der Waals surface area contributed by atoms with Crippen molar-refractivity contribution < 1.29 is 9.53 Å². The van der Waals surface area contributed by atoms with Gasteiger partial charge in [0.15, 0.2) is 5.13 Å². The third kappa shape index (κ3) is 3.93. The quantitative estimate of drug-likeness (QED) is 0.492. The second-order valence-electron chi connectivity index (χ2n) is 6.26. The zero-order chi connectivity index (χ0) is 19.0. The van der Waals surface area contributed by atoms with Crippen LogP contribution in [0, 0.1) is 0 Å². The van der Waals surface area contributed by atoms with E-state index < -0.39 is 0 Å². The van der Waals surface area contributed by atoms with Crippen molar-refractivity contribution in [3.63, 3.8) is 0 Å². The van der Waals surface area contributed by atoms with Gasteiger partial charge in [-0.2, -0.15) is 0 Å². The van der Waals surface area contributed by atoms with Gasteiger partial charge in [0.2, 0.25) is 0 Å². The number of carbonyl (C=O) groups is 1. The number of anilines is 1. The van der Waals surface area contributed by atoms with E-state index >= 15 is 0 Å². The van der Waals surface area contributed by atoms with Crippen molar-refractivity contribution >= 4 is 67.4 Å². The van der Waals surface area contributed by atoms with Crippen LogP contribution >= 0.6 is 46.1 Å². The van der Waals surface area contributed by atoms with E-state index in [9.17, 15) is 4.79 Å². The number of benzene rings is 2. The summed E-state index contributed by atoms with van der Waals surface area (Å²) in [5.74, 6) is -0.256. The van der Waals surface area contributed by atoms with Crippen molar-refractivity contribution in [2.45, 2.75) is 18.9 Å². The van der Waals surface area contributed by atoms with E-state index in [0.717, 1.165) is 17.5 Å². The molecule has 1 aliphatic heterocycles. The second kappa shape index (κ2) is 7.94. The largest absolute Gasteiger partial charge is 0.376 e. The molecule has 0 bridgehead atoms. The number of hydrogen-bond acceptors (Lipinski definition) is 4. The van der Waals surface area contributed by atoms with Crippen LogP contribution in [0.2, 0.25) is 15.1 Å². The molecule has 1 saturated heterocycles. The summed E-state index contributed by atoms with van der Waals surface area (Å²) in [6.45, 7) is 1.11. The third-order valence-electron chi connectivity index (χ3n) is 4.40. The summed E-state index contributed by atoms with van der Waals surface area (Å²) >= 11 is 20.0. The van der Waals surface area contributed by atoms with Crippen LogP contribution in [-0.4, -0.2) is 30.1 Å². The van der Waals surface area contributed by atoms with E-state index in [2.05, 4.69) is 4.98 Å². The highest BCUT2D eigenvalue weighted by Crippen LogP contribution is 2.35. The zero-order valence-corrected chi connectivity index (χ0v) is 17.2. The topological polar surface area (TPSA) is 42.4 Å². The summed E-state index contributed by atoms with van der Waals surface area (Å²) in [4.78, 5) is 19.6. The first kappa shape index (κ1) is 19.0. The molecule has 1 fully saturated rings. The molecule has 4 rings (SSSR count). The van der Waals surface area contributed by atoms with Gasteiger partial charge in [-0.3, -0.25) is 9.69 Å². The highest BCUT2D eigenvalue weighted by Gasteiger charge is 2.28.